The Hall–Kier alpha value is -0.500. The Balaban J connectivity index is 2.39. The van der Waals surface area contributed by atoms with Gasteiger partial charge in [-0.25, -0.2) is 0 Å². The van der Waals surface area contributed by atoms with Crippen LogP contribution in [0, 0.1) is 12.8 Å². The molecule has 1 aromatic heterocycles. The van der Waals surface area contributed by atoms with Gasteiger partial charge in [-0.15, -0.1) is 11.3 Å². The highest BCUT2D eigenvalue weighted by atomic mass is 32.1. The van der Waals surface area contributed by atoms with Crippen molar-refractivity contribution in [2.24, 2.45) is 5.92 Å². The fraction of sp³-hybridized carbons (Fsp3) is 0.556. The van der Waals surface area contributed by atoms with Gasteiger partial charge in [0.15, 0.2) is 0 Å². The Morgan fingerprint density at radius 1 is 1.55 bits per heavy atom. The Kier molecular flexibility index (Phi) is 2.94. The molecule has 0 aromatic carbocycles. The molecule has 0 unspecified atom stereocenters. The van der Waals surface area contributed by atoms with Gasteiger partial charge in [0.25, 0.3) is 0 Å². The topological polar surface area (TPSA) is 9.23 Å². The van der Waals surface area contributed by atoms with Gasteiger partial charge in [-0.3, -0.25) is 0 Å². The number of thiophene rings is 1. The zero-order valence-corrected chi connectivity index (χ0v) is 8.07. The predicted molar refractivity (Wildman–Crippen MR) is 49.4 cm³/mol. The monoisotopic (exact) mass is 170 g/mol. The summed E-state index contributed by atoms with van der Waals surface area (Å²) in [4.78, 5) is 1.31. The summed E-state index contributed by atoms with van der Waals surface area (Å²) in [6.07, 6.45) is 0. The molecule has 0 bridgehead atoms. The Labute approximate surface area is 72.0 Å². The van der Waals surface area contributed by atoms with Crippen LogP contribution in [-0.2, 0) is 0 Å². The van der Waals surface area contributed by atoms with Crippen molar-refractivity contribution in [1.82, 2.24) is 0 Å². The lowest BCUT2D eigenvalue weighted by atomic mass is 10.2. The van der Waals surface area contributed by atoms with E-state index in [9.17, 15) is 0 Å². The molecule has 1 aromatic rings. The van der Waals surface area contributed by atoms with E-state index in [4.69, 9.17) is 4.74 Å². The van der Waals surface area contributed by atoms with Crippen molar-refractivity contribution >= 4 is 11.3 Å². The van der Waals surface area contributed by atoms with E-state index in [0.717, 1.165) is 12.4 Å². The first-order valence-electron chi connectivity index (χ1n) is 3.86. The van der Waals surface area contributed by atoms with Crippen LogP contribution in [0.15, 0.2) is 11.4 Å². The summed E-state index contributed by atoms with van der Waals surface area (Å²) < 4.78 is 5.50. The molecule has 0 atom stereocenters. The second-order valence-electron chi connectivity index (χ2n) is 3.10. The van der Waals surface area contributed by atoms with Crippen molar-refractivity contribution in [1.29, 1.82) is 0 Å². The van der Waals surface area contributed by atoms with Crippen molar-refractivity contribution in [3.05, 3.63) is 16.3 Å². The third-order valence-corrected chi connectivity index (χ3v) is 2.13. The van der Waals surface area contributed by atoms with E-state index >= 15 is 0 Å². The fourth-order valence-electron chi connectivity index (χ4n) is 0.758. The average molecular weight is 170 g/mol. The Morgan fingerprint density at radius 3 is 2.73 bits per heavy atom. The largest absolute Gasteiger partial charge is 0.492 e. The summed E-state index contributed by atoms with van der Waals surface area (Å²) in [5, 5.41) is 2.05. The fourth-order valence-corrected chi connectivity index (χ4v) is 1.38. The van der Waals surface area contributed by atoms with Gasteiger partial charge in [0.05, 0.1) is 6.61 Å². The summed E-state index contributed by atoms with van der Waals surface area (Å²) in [5.74, 6) is 1.62. The zero-order chi connectivity index (χ0) is 8.27. The molecule has 2 heteroatoms. The smallest absolute Gasteiger partial charge is 0.130 e. The summed E-state index contributed by atoms with van der Waals surface area (Å²) >= 11 is 1.73. The van der Waals surface area contributed by atoms with Crippen LogP contribution in [0.1, 0.15) is 18.7 Å². The van der Waals surface area contributed by atoms with Gasteiger partial charge in [-0.05, 0) is 18.9 Å². The molecule has 0 aliphatic heterocycles. The normalized spacial score (nSPS) is 10.5. The number of hydrogen-bond donors (Lipinski definition) is 0. The molecule has 0 N–H and O–H groups in total. The molecular weight excluding hydrogens is 156 g/mol. The van der Waals surface area contributed by atoms with E-state index in [-0.39, 0.29) is 0 Å². The second kappa shape index (κ2) is 3.77. The van der Waals surface area contributed by atoms with Crippen molar-refractivity contribution in [3.8, 4) is 5.75 Å². The van der Waals surface area contributed by atoms with Crippen molar-refractivity contribution in [2.75, 3.05) is 6.61 Å². The van der Waals surface area contributed by atoms with E-state index in [2.05, 4.69) is 32.2 Å². The first kappa shape index (κ1) is 8.60. The molecule has 0 aliphatic rings. The quantitative estimate of drug-likeness (QED) is 0.677. The van der Waals surface area contributed by atoms with Crippen LogP contribution in [0.5, 0.6) is 5.75 Å². The van der Waals surface area contributed by atoms with Gasteiger partial charge in [0.2, 0.25) is 0 Å². The van der Waals surface area contributed by atoms with Crippen molar-refractivity contribution in [2.45, 2.75) is 20.8 Å². The summed E-state index contributed by atoms with van der Waals surface area (Å²) in [5.41, 5.74) is 0. The zero-order valence-electron chi connectivity index (χ0n) is 7.26. The lowest BCUT2D eigenvalue weighted by Crippen LogP contribution is -2.03. The molecule has 0 amide bonds. The molecule has 0 spiro atoms. The number of aryl methyl sites for hydroxylation is 1. The second-order valence-corrected chi connectivity index (χ2v) is 4.21. The lowest BCUT2D eigenvalue weighted by molar-refractivity contribution is 0.272. The lowest BCUT2D eigenvalue weighted by Gasteiger charge is -2.05. The maximum Gasteiger partial charge on any atom is 0.130 e. The highest BCUT2D eigenvalue weighted by molar-refractivity contribution is 7.10. The average Bonchev–Trinajstić information content (AvgIpc) is 2.31. The molecule has 1 rings (SSSR count). The minimum Gasteiger partial charge on any atom is -0.492 e. The molecule has 0 saturated heterocycles. The summed E-state index contributed by atoms with van der Waals surface area (Å²) in [6.45, 7) is 7.21. The van der Waals surface area contributed by atoms with Gasteiger partial charge >= 0.3 is 0 Å². The van der Waals surface area contributed by atoms with Crippen molar-refractivity contribution < 1.29 is 4.74 Å². The first-order chi connectivity index (χ1) is 5.18. The van der Waals surface area contributed by atoms with Crippen LogP contribution in [0.3, 0.4) is 0 Å². The maximum atomic E-state index is 5.50. The number of hydrogen-bond acceptors (Lipinski definition) is 2. The molecule has 0 saturated carbocycles. The van der Waals surface area contributed by atoms with Gasteiger partial charge in [-0.2, -0.15) is 0 Å². The standard InChI is InChI=1S/C9H14OS/c1-7(2)5-10-9-4-8(3)11-6-9/h4,6-7H,5H2,1-3H3. The maximum absolute atomic E-state index is 5.50. The molecule has 11 heavy (non-hydrogen) atoms. The SMILES string of the molecule is Cc1cc(OCC(C)C)cs1. The first-order valence-corrected chi connectivity index (χ1v) is 4.74. The Morgan fingerprint density at radius 2 is 2.27 bits per heavy atom. The van der Waals surface area contributed by atoms with Gasteiger partial charge in [0.1, 0.15) is 5.75 Å². The van der Waals surface area contributed by atoms with E-state index in [1.54, 1.807) is 11.3 Å². The van der Waals surface area contributed by atoms with Gasteiger partial charge < -0.3 is 4.74 Å². The molecule has 1 nitrogen and oxygen atoms in total. The van der Waals surface area contributed by atoms with Crippen LogP contribution in [0.2, 0.25) is 0 Å². The van der Waals surface area contributed by atoms with E-state index in [0.29, 0.717) is 5.92 Å². The molecule has 0 aliphatic carbocycles. The van der Waals surface area contributed by atoms with Crippen LogP contribution in [0.25, 0.3) is 0 Å². The molecule has 62 valence electrons. The van der Waals surface area contributed by atoms with Crippen LogP contribution >= 0.6 is 11.3 Å². The highest BCUT2D eigenvalue weighted by Crippen LogP contribution is 2.20. The van der Waals surface area contributed by atoms with Crippen molar-refractivity contribution in [3.63, 3.8) is 0 Å². The predicted octanol–water partition coefficient (Wildman–Crippen LogP) is 3.09. The minimum absolute atomic E-state index is 0.607. The minimum atomic E-state index is 0.607. The van der Waals surface area contributed by atoms with E-state index < -0.39 is 0 Å². The van der Waals surface area contributed by atoms with E-state index in [1.807, 2.05) is 0 Å². The summed E-state index contributed by atoms with van der Waals surface area (Å²) in [6, 6.07) is 2.08. The van der Waals surface area contributed by atoms with Crippen LogP contribution in [-0.4, -0.2) is 6.61 Å². The molecule has 0 fully saturated rings. The molecule has 0 radical (unpaired) electrons. The molecular formula is C9H14OS. The Bertz CT molecular complexity index is 215. The third kappa shape index (κ3) is 2.93. The van der Waals surface area contributed by atoms with Gasteiger partial charge in [0, 0.05) is 10.3 Å². The third-order valence-electron chi connectivity index (χ3n) is 1.29. The number of rotatable bonds is 3. The van der Waals surface area contributed by atoms with Crippen LogP contribution < -0.4 is 4.74 Å². The van der Waals surface area contributed by atoms with Gasteiger partial charge in [-0.1, -0.05) is 13.8 Å². The number of ether oxygens (including phenoxy) is 1. The highest BCUT2D eigenvalue weighted by Gasteiger charge is 1.98. The molecule has 1 heterocycles. The van der Waals surface area contributed by atoms with Crippen LogP contribution in [0.4, 0.5) is 0 Å². The van der Waals surface area contributed by atoms with E-state index in [1.165, 1.54) is 4.88 Å². The summed E-state index contributed by atoms with van der Waals surface area (Å²) in [7, 11) is 0.